The lowest BCUT2D eigenvalue weighted by molar-refractivity contribution is 0.0935. The fraction of sp³-hybridized carbons (Fsp3) is 0.462. The van der Waals surface area contributed by atoms with Crippen LogP contribution in [0.5, 0.6) is 0 Å². The third-order valence-electron chi connectivity index (χ3n) is 3.74. The average Bonchev–Trinajstić information content (AvgIpc) is 2.26. The maximum atomic E-state index is 11.8. The molecule has 1 atom stereocenters. The van der Waals surface area contributed by atoms with Gasteiger partial charge >= 0.3 is 0 Å². The van der Waals surface area contributed by atoms with Crippen molar-refractivity contribution in [2.24, 2.45) is 0 Å². The van der Waals surface area contributed by atoms with Gasteiger partial charge in [0.15, 0.2) is 5.78 Å². The molecule has 0 bridgehead atoms. The first kappa shape index (κ1) is 11.6. The van der Waals surface area contributed by atoms with Gasteiger partial charge < -0.3 is 0 Å². The summed E-state index contributed by atoms with van der Waals surface area (Å²) in [5.74, 6) is 0.332. The van der Waals surface area contributed by atoms with Crippen molar-refractivity contribution in [1.82, 2.24) is 4.90 Å². The van der Waals surface area contributed by atoms with Gasteiger partial charge in [-0.1, -0.05) is 18.2 Å². The predicted octanol–water partition coefficient (Wildman–Crippen LogP) is 2.61. The molecule has 2 nitrogen and oxygen atoms in total. The average molecular weight is 238 g/mol. The number of ketones is 1. The number of likely N-dealkylation sites (N-methyl/N-ethyl adjacent to an activating group) is 1. The topological polar surface area (TPSA) is 20.3 Å². The Morgan fingerprint density at radius 3 is 2.94 bits per heavy atom. The van der Waals surface area contributed by atoms with Crippen LogP contribution in [0.2, 0.25) is 0 Å². The van der Waals surface area contributed by atoms with Gasteiger partial charge in [-0.25, -0.2) is 0 Å². The van der Waals surface area contributed by atoms with Gasteiger partial charge in [0.1, 0.15) is 0 Å². The summed E-state index contributed by atoms with van der Waals surface area (Å²) in [4.78, 5) is 14.2. The highest BCUT2D eigenvalue weighted by Gasteiger charge is 2.32. The molecule has 1 unspecified atom stereocenters. The SMILES string of the molecule is CN1CCc2cccc3c2C1CCC3=O.Cl. The lowest BCUT2D eigenvalue weighted by Crippen LogP contribution is -2.36. The molecule has 0 aromatic heterocycles. The van der Waals surface area contributed by atoms with E-state index >= 15 is 0 Å². The predicted molar refractivity (Wildman–Crippen MR) is 66.3 cm³/mol. The van der Waals surface area contributed by atoms with Gasteiger partial charge in [-0.15, -0.1) is 12.4 Å². The first-order valence-corrected chi connectivity index (χ1v) is 5.62. The number of hydrogen-bond donors (Lipinski definition) is 0. The maximum absolute atomic E-state index is 11.8. The summed E-state index contributed by atoms with van der Waals surface area (Å²) in [6, 6.07) is 6.69. The number of nitrogens with zero attached hydrogens (tertiary/aromatic N) is 1. The molecule has 1 aliphatic carbocycles. The van der Waals surface area contributed by atoms with Crippen LogP contribution in [-0.4, -0.2) is 24.3 Å². The van der Waals surface area contributed by atoms with Crippen molar-refractivity contribution < 1.29 is 4.79 Å². The van der Waals surface area contributed by atoms with Crippen LogP contribution in [0.1, 0.15) is 40.4 Å². The molecule has 0 amide bonds. The summed E-state index contributed by atoms with van der Waals surface area (Å²) < 4.78 is 0. The van der Waals surface area contributed by atoms with Crippen LogP contribution in [-0.2, 0) is 6.42 Å². The zero-order valence-electron chi connectivity index (χ0n) is 9.40. The van der Waals surface area contributed by atoms with E-state index in [1.165, 1.54) is 11.1 Å². The molecule has 3 rings (SSSR count). The van der Waals surface area contributed by atoms with Crippen molar-refractivity contribution >= 4 is 18.2 Å². The number of Topliss-reactive ketones (excluding diaryl/α,β-unsaturated/α-hetero) is 1. The van der Waals surface area contributed by atoms with E-state index < -0.39 is 0 Å². The van der Waals surface area contributed by atoms with Crippen molar-refractivity contribution in [2.45, 2.75) is 25.3 Å². The van der Waals surface area contributed by atoms with Crippen molar-refractivity contribution in [3.63, 3.8) is 0 Å². The molecule has 1 heterocycles. The van der Waals surface area contributed by atoms with Crippen LogP contribution < -0.4 is 0 Å². The van der Waals surface area contributed by atoms with Crippen LogP contribution in [0.4, 0.5) is 0 Å². The fourth-order valence-electron chi connectivity index (χ4n) is 2.91. The molecule has 1 aliphatic heterocycles. The van der Waals surface area contributed by atoms with Crippen molar-refractivity contribution in [2.75, 3.05) is 13.6 Å². The second-order valence-corrected chi connectivity index (χ2v) is 4.59. The molecule has 0 spiro atoms. The van der Waals surface area contributed by atoms with Crippen LogP contribution in [0.15, 0.2) is 18.2 Å². The van der Waals surface area contributed by atoms with Gasteiger partial charge in [0.25, 0.3) is 0 Å². The van der Waals surface area contributed by atoms with E-state index in [1.807, 2.05) is 12.1 Å². The normalized spacial score (nSPS) is 23.6. The van der Waals surface area contributed by atoms with Crippen LogP contribution in [0.25, 0.3) is 0 Å². The zero-order valence-corrected chi connectivity index (χ0v) is 10.2. The third kappa shape index (κ3) is 1.57. The Bertz CT molecular complexity index is 430. The summed E-state index contributed by atoms with van der Waals surface area (Å²) >= 11 is 0. The van der Waals surface area contributed by atoms with E-state index in [9.17, 15) is 4.79 Å². The van der Waals surface area contributed by atoms with Gasteiger partial charge in [-0.2, -0.15) is 0 Å². The molecule has 0 fully saturated rings. The highest BCUT2D eigenvalue weighted by Crippen LogP contribution is 2.38. The van der Waals surface area contributed by atoms with E-state index in [2.05, 4.69) is 18.0 Å². The summed E-state index contributed by atoms with van der Waals surface area (Å²) in [5, 5.41) is 0. The maximum Gasteiger partial charge on any atom is 0.163 e. The van der Waals surface area contributed by atoms with E-state index in [0.717, 1.165) is 24.9 Å². The number of carbonyl (C=O) groups excluding carboxylic acids is 1. The van der Waals surface area contributed by atoms with Crippen LogP contribution in [0, 0.1) is 0 Å². The molecule has 86 valence electrons. The number of carbonyl (C=O) groups is 1. The van der Waals surface area contributed by atoms with E-state index in [1.54, 1.807) is 0 Å². The Morgan fingerprint density at radius 2 is 2.12 bits per heavy atom. The summed E-state index contributed by atoms with van der Waals surface area (Å²) in [6.45, 7) is 1.12. The standard InChI is InChI=1S/C13H15NO.ClH/c1-14-8-7-9-3-2-4-10-12(15)6-5-11(14)13(9)10;/h2-4,11H,5-8H2,1H3;1H. The molecule has 2 aliphatic rings. The summed E-state index contributed by atoms with van der Waals surface area (Å²) in [6.07, 6.45) is 2.80. The Hall–Kier alpha value is -0.860. The number of benzene rings is 1. The Labute approximate surface area is 102 Å². The molecule has 0 radical (unpaired) electrons. The lowest BCUT2D eigenvalue weighted by atomic mass is 9.80. The molecule has 1 aromatic carbocycles. The Kier molecular flexibility index (Phi) is 3.04. The summed E-state index contributed by atoms with van der Waals surface area (Å²) in [5.41, 5.74) is 3.70. The Balaban J connectivity index is 0.000000963. The molecular weight excluding hydrogens is 222 g/mol. The van der Waals surface area contributed by atoms with Crippen molar-refractivity contribution in [3.8, 4) is 0 Å². The van der Waals surface area contributed by atoms with Crippen molar-refractivity contribution in [3.05, 3.63) is 34.9 Å². The highest BCUT2D eigenvalue weighted by atomic mass is 35.5. The molecule has 1 aromatic rings. The van der Waals surface area contributed by atoms with Gasteiger partial charge in [-0.05, 0) is 31.0 Å². The smallest absolute Gasteiger partial charge is 0.163 e. The quantitative estimate of drug-likeness (QED) is 0.692. The Morgan fingerprint density at radius 1 is 1.31 bits per heavy atom. The molecule has 0 saturated carbocycles. The van der Waals surface area contributed by atoms with Gasteiger partial charge in [0, 0.05) is 24.6 Å². The van der Waals surface area contributed by atoms with Gasteiger partial charge in [0.2, 0.25) is 0 Å². The van der Waals surface area contributed by atoms with Crippen molar-refractivity contribution in [1.29, 1.82) is 0 Å². The first-order valence-electron chi connectivity index (χ1n) is 5.62. The fourth-order valence-corrected chi connectivity index (χ4v) is 2.91. The zero-order chi connectivity index (χ0) is 10.4. The second-order valence-electron chi connectivity index (χ2n) is 4.59. The van der Waals surface area contributed by atoms with E-state index in [-0.39, 0.29) is 12.4 Å². The molecular formula is C13H16ClNO. The number of halogens is 1. The third-order valence-corrected chi connectivity index (χ3v) is 3.74. The number of rotatable bonds is 0. The minimum Gasteiger partial charge on any atom is -0.299 e. The molecule has 0 saturated heterocycles. The van der Waals surface area contributed by atoms with Gasteiger partial charge in [-0.3, -0.25) is 9.69 Å². The molecule has 0 N–H and O–H groups in total. The summed E-state index contributed by atoms with van der Waals surface area (Å²) in [7, 11) is 2.17. The largest absolute Gasteiger partial charge is 0.299 e. The first-order chi connectivity index (χ1) is 7.27. The van der Waals surface area contributed by atoms with E-state index in [4.69, 9.17) is 0 Å². The minimum atomic E-state index is 0. The molecule has 16 heavy (non-hydrogen) atoms. The molecule has 3 heteroatoms. The van der Waals surface area contributed by atoms with Gasteiger partial charge in [0.05, 0.1) is 0 Å². The van der Waals surface area contributed by atoms with Crippen LogP contribution >= 0.6 is 12.4 Å². The second kappa shape index (κ2) is 4.19. The minimum absolute atomic E-state index is 0. The van der Waals surface area contributed by atoms with E-state index in [0.29, 0.717) is 18.2 Å². The highest BCUT2D eigenvalue weighted by molar-refractivity contribution is 5.99. The number of hydrogen-bond acceptors (Lipinski definition) is 2. The van der Waals surface area contributed by atoms with Crippen LogP contribution in [0.3, 0.4) is 0 Å². The lowest BCUT2D eigenvalue weighted by Gasteiger charge is -2.38. The monoisotopic (exact) mass is 237 g/mol.